The van der Waals surface area contributed by atoms with Crippen molar-refractivity contribution in [2.24, 2.45) is 5.41 Å². The van der Waals surface area contributed by atoms with Gasteiger partial charge >= 0.3 is 5.97 Å². The molecule has 0 rings (SSSR count). The number of carbonyl (C=O) groups is 1. The molecule has 0 aromatic rings. The summed E-state index contributed by atoms with van der Waals surface area (Å²) in [6.07, 6.45) is 0. The van der Waals surface area contributed by atoms with Crippen molar-refractivity contribution in [3.05, 3.63) is 12.2 Å². The van der Waals surface area contributed by atoms with Crippen LogP contribution in [-0.2, 0) is 14.6 Å². The standard InChI is InChI=1S/C9H16O3/c1-6-11-12-8(10)7(2)9(3,4)5/h2,6H2,1,3-5H3. The van der Waals surface area contributed by atoms with Gasteiger partial charge in [-0.2, -0.15) is 4.89 Å². The average molecular weight is 172 g/mol. The smallest absolute Gasteiger partial charge is 0.293 e. The van der Waals surface area contributed by atoms with Crippen LogP contribution in [0, 0.1) is 5.41 Å². The highest BCUT2D eigenvalue weighted by Crippen LogP contribution is 2.24. The second kappa shape index (κ2) is 4.26. The van der Waals surface area contributed by atoms with E-state index in [1.54, 1.807) is 6.92 Å². The summed E-state index contributed by atoms with van der Waals surface area (Å²) in [6.45, 7) is 11.4. The Morgan fingerprint density at radius 1 is 1.42 bits per heavy atom. The first-order chi connectivity index (χ1) is 5.39. The molecule has 0 saturated heterocycles. The minimum absolute atomic E-state index is 0.270. The molecule has 0 radical (unpaired) electrons. The molecule has 0 aromatic carbocycles. The third-order valence-electron chi connectivity index (χ3n) is 1.40. The number of hydrogen-bond donors (Lipinski definition) is 0. The monoisotopic (exact) mass is 172 g/mol. The van der Waals surface area contributed by atoms with Gasteiger partial charge in [-0.15, -0.1) is 0 Å². The summed E-state index contributed by atoms with van der Waals surface area (Å²) in [5, 5.41) is 0. The Kier molecular flexibility index (Phi) is 3.96. The summed E-state index contributed by atoms with van der Waals surface area (Å²) in [5.41, 5.74) is 0.143. The molecule has 0 heterocycles. The molecule has 0 fully saturated rings. The van der Waals surface area contributed by atoms with Gasteiger partial charge < -0.3 is 0 Å². The lowest BCUT2D eigenvalue weighted by Gasteiger charge is -2.18. The van der Waals surface area contributed by atoms with Crippen LogP contribution in [-0.4, -0.2) is 12.6 Å². The average Bonchev–Trinajstić information content (AvgIpc) is 1.97. The van der Waals surface area contributed by atoms with Crippen LogP contribution in [0.25, 0.3) is 0 Å². The molecule has 0 N–H and O–H groups in total. The fourth-order valence-corrected chi connectivity index (χ4v) is 0.469. The summed E-state index contributed by atoms with van der Waals surface area (Å²) >= 11 is 0. The first kappa shape index (κ1) is 11.2. The van der Waals surface area contributed by atoms with Crippen LogP contribution in [0.3, 0.4) is 0 Å². The van der Waals surface area contributed by atoms with Crippen molar-refractivity contribution in [3.63, 3.8) is 0 Å². The van der Waals surface area contributed by atoms with Gasteiger partial charge in [-0.25, -0.2) is 4.79 Å². The van der Waals surface area contributed by atoms with E-state index in [0.29, 0.717) is 12.2 Å². The van der Waals surface area contributed by atoms with Gasteiger partial charge in [0.2, 0.25) is 0 Å². The van der Waals surface area contributed by atoms with E-state index in [1.807, 2.05) is 20.8 Å². The second-order valence-electron chi connectivity index (χ2n) is 3.51. The SMILES string of the molecule is C=C(C(=O)OOCC)C(C)(C)C. The van der Waals surface area contributed by atoms with E-state index in [4.69, 9.17) is 0 Å². The van der Waals surface area contributed by atoms with Crippen molar-refractivity contribution in [2.45, 2.75) is 27.7 Å². The molecule has 3 heteroatoms. The van der Waals surface area contributed by atoms with Gasteiger partial charge in [-0.05, 0) is 12.3 Å². The Morgan fingerprint density at radius 2 is 1.92 bits per heavy atom. The molecular formula is C9H16O3. The van der Waals surface area contributed by atoms with Gasteiger partial charge in [0.1, 0.15) is 0 Å². The van der Waals surface area contributed by atoms with Gasteiger partial charge in [0, 0.05) is 5.57 Å². The van der Waals surface area contributed by atoms with E-state index in [9.17, 15) is 4.79 Å². The van der Waals surface area contributed by atoms with Gasteiger partial charge in [0.25, 0.3) is 0 Å². The minimum atomic E-state index is -0.496. The van der Waals surface area contributed by atoms with Gasteiger partial charge in [0.05, 0.1) is 6.61 Å². The molecule has 0 amide bonds. The van der Waals surface area contributed by atoms with Crippen LogP contribution < -0.4 is 0 Å². The number of carbonyl (C=O) groups excluding carboxylic acids is 1. The highest BCUT2D eigenvalue weighted by molar-refractivity contribution is 5.88. The van der Waals surface area contributed by atoms with Crippen molar-refractivity contribution in [1.82, 2.24) is 0 Å². The second-order valence-corrected chi connectivity index (χ2v) is 3.51. The predicted molar refractivity (Wildman–Crippen MR) is 46.3 cm³/mol. The third kappa shape index (κ3) is 3.53. The van der Waals surface area contributed by atoms with E-state index in [0.717, 1.165) is 0 Å². The number of rotatable bonds is 3. The molecule has 0 atom stereocenters. The van der Waals surface area contributed by atoms with E-state index < -0.39 is 5.97 Å². The zero-order valence-electron chi connectivity index (χ0n) is 8.14. The molecule has 0 aromatic heterocycles. The maximum atomic E-state index is 11.1. The fraction of sp³-hybridized carbons (Fsp3) is 0.667. The molecule has 0 spiro atoms. The molecule has 0 saturated carbocycles. The highest BCUT2D eigenvalue weighted by Gasteiger charge is 2.23. The van der Waals surface area contributed by atoms with Crippen LogP contribution in [0.1, 0.15) is 27.7 Å². The Morgan fingerprint density at radius 3 is 2.25 bits per heavy atom. The lowest BCUT2D eigenvalue weighted by Crippen LogP contribution is -2.19. The highest BCUT2D eigenvalue weighted by atomic mass is 17.2. The van der Waals surface area contributed by atoms with Gasteiger partial charge in [-0.1, -0.05) is 27.4 Å². The molecule has 0 bridgehead atoms. The molecule has 0 aliphatic heterocycles. The zero-order chi connectivity index (χ0) is 9.78. The van der Waals surface area contributed by atoms with Crippen LogP contribution in [0.5, 0.6) is 0 Å². The number of hydrogen-bond acceptors (Lipinski definition) is 3. The first-order valence-corrected chi connectivity index (χ1v) is 3.92. The third-order valence-corrected chi connectivity index (χ3v) is 1.40. The molecule has 12 heavy (non-hydrogen) atoms. The normalized spacial score (nSPS) is 11.0. The maximum absolute atomic E-state index is 11.1. The molecular weight excluding hydrogens is 156 g/mol. The van der Waals surface area contributed by atoms with E-state index in [2.05, 4.69) is 16.4 Å². The summed E-state index contributed by atoms with van der Waals surface area (Å²) in [7, 11) is 0. The van der Waals surface area contributed by atoms with E-state index >= 15 is 0 Å². The fourth-order valence-electron chi connectivity index (χ4n) is 0.469. The molecule has 0 aliphatic carbocycles. The van der Waals surface area contributed by atoms with Crippen LogP contribution >= 0.6 is 0 Å². The van der Waals surface area contributed by atoms with Gasteiger partial charge in [0.15, 0.2) is 0 Å². The van der Waals surface area contributed by atoms with Gasteiger partial charge in [-0.3, -0.25) is 4.89 Å². The summed E-state index contributed by atoms with van der Waals surface area (Å²) < 4.78 is 0. The zero-order valence-corrected chi connectivity index (χ0v) is 8.14. The van der Waals surface area contributed by atoms with Crippen molar-refractivity contribution in [1.29, 1.82) is 0 Å². The topological polar surface area (TPSA) is 35.5 Å². The largest absolute Gasteiger partial charge is 0.369 e. The Balaban J connectivity index is 4.04. The Hall–Kier alpha value is -0.830. The lowest BCUT2D eigenvalue weighted by atomic mass is 9.88. The van der Waals surface area contributed by atoms with E-state index in [1.165, 1.54) is 0 Å². The van der Waals surface area contributed by atoms with Crippen molar-refractivity contribution in [2.75, 3.05) is 6.61 Å². The van der Waals surface area contributed by atoms with Crippen molar-refractivity contribution < 1.29 is 14.6 Å². The van der Waals surface area contributed by atoms with Crippen LogP contribution in [0.2, 0.25) is 0 Å². The Labute approximate surface area is 73.3 Å². The lowest BCUT2D eigenvalue weighted by molar-refractivity contribution is -0.266. The summed E-state index contributed by atoms with van der Waals surface area (Å²) in [4.78, 5) is 20.0. The quantitative estimate of drug-likeness (QED) is 0.371. The maximum Gasteiger partial charge on any atom is 0.369 e. The molecule has 0 aliphatic rings. The van der Waals surface area contributed by atoms with Crippen molar-refractivity contribution >= 4 is 5.97 Å². The van der Waals surface area contributed by atoms with Crippen molar-refractivity contribution in [3.8, 4) is 0 Å². The predicted octanol–water partition coefficient (Wildman–Crippen LogP) is 2.08. The Bertz CT molecular complexity index is 177. The molecule has 3 nitrogen and oxygen atoms in total. The summed E-state index contributed by atoms with van der Waals surface area (Å²) in [6, 6.07) is 0. The van der Waals surface area contributed by atoms with Crippen LogP contribution in [0.4, 0.5) is 0 Å². The van der Waals surface area contributed by atoms with E-state index in [-0.39, 0.29) is 5.41 Å². The first-order valence-electron chi connectivity index (χ1n) is 3.92. The molecule has 0 unspecified atom stereocenters. The summed E-state index contributed by atoms with van der Waals surface area (Å²) in [5.74, 6) is -0.496. The molecule has 70 valence electrons. The minimum Gasteiger partial charge on any atom is -0.293 e. The van der Waals surface area contributed by atoms with Crippen LogP contribution in [0.15, 0.2) is 12.2 Å².